The number of piperidine rings is 1. The second kappa shape index (κ2) is 6.33. The molecule has 0 bridgehead atoms. The third-order valence-electron chi connectivity index (χ3n) is 2.69. The highest BCUT2D eigenvalue weighted by Crippen LogP contribution is 2.32. The molecule has 0 amide bonds. The van der Waals surface area contributed by atoms with Crippen LogP contribution in [0.25, 0.3) is 0 Å². The molecular formula is C11H23F2N. The van der Waals surface area contributed by atoms with Crippen molar-refractivity contribution in [2.24, 2.45) is 0 Å². The van der Waals surface area contributed by atoms with Gasteiger partial charge in [-0.2, -0.15) is 0 Å². The Morgan fingerprint density at radius 2 is 1.86 bits per heavy atom. The molecule has 1 rings (SSSR count). The first-order valence-electron chi connectivity index (χ1n) is 5.71. The van der Waals surface area contributed by atoms with Crippen LogP contribution in [-0.4, -0.2) is 30.0 Å². The summed E-state index contributed by atoms with van der Waals surface area (Å²) in [6.45, 7) is 9.47. The van der Waals surface area contributed by atoms with Crippen molar-refractivity contribution in [2.45, 2.75) is 58.9 Å². The maximum atomic E-state index is 12.9. The molecule has 1 aliphatic rings. The van der Waals surface area contributed by atoms with Crippen molar-refractivity contribution in [3.63, 3.8) is 0 Å². The zero-order valence-electron chi connectivity index (χ0n) is 9.82. The van der Waals surface area contributed by atoms with Gasteiger partial charge in [-0.25, -0.2) is 8.78 Å². The average molecular weight is 207 g/mol. The minimum Gasteiger partial charge on any atom is -0.300 e. The van der Waals surface area contributed by atoms with Crippen LogP contribution in [0.5, 0.6) is 0 Å². The predicted molar refractivity (Wildman–Crippen MR) is 56.9 cm³/mol. The maximum Gasteiger partial charge on any atom is 0.250 e. The van der Waals surface area contributed by atoms with Crippen molar-refractivity contribution in [2.75, 3.05) is 13.1 Å². The molecule has 0 saturated carbocycles. The number of rotatable bonds is 2. The Bertz CT molecular complexity index is 148. The number of nitrogens with zero attached hydrogens (tertiary/aromatic N) is 1. The van der Waals surface area contributed by atoms with Gasteiger partial charge in [0, 0.05) is 25.4 Å². The van der Waals surface area contributed by atoms with Crippen LogP contribution in [0.15, 0.2) is 0 Å². The van der Waals surface area contributed by atoms with Crippen LogP contribution >= 0.6 is 0 Å². The Hall–Kier alpha value is -0.180. The molecule has 1 atom stereocenters. The molecule has 0 aromatic heterocycles. The minimum atomic E-state index is -2.41. The topological polar surface area (TPSA) is 3.24 Å². The van der Waals surface area contributed by atoms with Gasteiger partial charge in [0.05, 0.1) is 0 Å². The van der Waals surface area contributed by atoms with E-state index in [9.17, 15) is 8.78 Å². The number of likely N-dealkylation sites (tertiary alicyclic amines) is 1. The van der Waals surface area contributed by atoms with E-state index < -0.39 is 5.92 Å². The summed E-state index contributed by atoms with van der Waals surface area (Å²) in [6.07, 6.45) is 0.929. The van der Waals surface area contributed by atoms with Gasteiger partial charge in [-0.05, 0) is 13.0 Å². The van der Waals surface area contributed by atoms with E-state index in [4.69, 9.17) is 0 Å². The highest BCUT2D eigenvalue weighted by Gasteiger charge is 2.38. The summed E-state index contributed by atoms with van der Waals surface area (Å²) >= 11 is 0. The van der Waals surface area contributed by atoms with E-state index in [-0.39, 0.29) is 18.9 Å². The first-order chi connectivity index (χ1) is 6.59. The number of hydrogen-bond donors (Lipinski definition) is 0. The molecule has 1 aliphatic heterocycles. The van der Waals surface area contributed by atoms with Gasteiger partial charge in [-0.15, -0.1) is 0 Å². The lowest BCUT2D eigenvalue weighted by Crippen LogP contribution is -2.46. The molecule has 14 heavy (non-hydrogen) atoms. The molecule has 0 N–H and O–H groups in total. The fraction of sp³-hybridized carbons (Fsp3) is 1.00. The van der Waals surface area contributed by atoms with Crippen LogP contribution in [0.3, 0.4) is 0 Å². The molecule has 1 unspecified atom stereocenters. The average Bonchev–Trinajstić information content (AvgIpc) is 2.19. The quantitative estimate of drug-likeness (QED) is 0.669. The second-order valence-electron chi connectivity index (χ2n) is 3.50. The van der Waals surface area contributed by atoms with E-state index >= 15 is 0 Å². The molecule has 3 heteroatoms. The molecular weight excluding hydrogens is 184 g/mol. The number of halogens is 2. The van der Waals surface area contributed by atoms with E-state index in [2.05, 4.69) is 4.90 Å². The first kappa shape index (κ1) is 13.8. The van der Waals surface area contributed by atoms with E-state index in [0.717, 1.165) is 13.0 Å². The van der Waals surface area contributed by atoms with E-state index in [1.54, 1.807) is 0 Å². The lowest BCUT2D eigenvalue weighted by molar-refractivity contribution is -0.0775. The van der Waals surface area contributed by atoms with Crippen molar-refractivity contribution < 1.29 is 8.78 Å². The number of alkyl halides is 2. The van der Waals surface area contributed by atoms with Crippen molar-refractivity contribution in [1.29, 1.82) is 0 Å². The smallest absolute Gasteiger partial charge is 0.250 e. The standard InChI is InChI=1S/C9H17F2N.C2H6/c1-3-8-7-9(10,11)5-6-12(8)4-2;1-2/h8H,3-7H2,1-2H3;1-2H3. The molecule has 0 aliphatic carbocycles. The van der Waals surface area contributed by atoms with Gasteiger partial charge in [-0.1, -0.05) is 27.7 Å². The largest absolute Gasteiger partial charge is 0.300 e. The molecule has 0 aromatic rings. The first-order valence-corrected chi connectivity index (χ1v) is 5.71. The normalized spacial score (nSPS) is 26.6. The molecule has 86 valence electrons. The summed E-state index contributed by atoms with van der Waals surface area (Å²) in [5, 5.41) is 0. The van der Waals surface area contributed by atoms with Crippen molar-refractivity contribution in [3.8, 4) is 0 Å². The summed E-state index contributed by atoms with van der Waals surface area (Å²) in [4.78, 5) is 2.15. The molecule has 0 radical (unpaired) electrons. The summed E-state index contributed by atoms with van der Waals surface area (Å²) in [5.74, 6) is -2.41. The SMILES string of the molecule is CC.CCC1CC(F)(F)CCN1CC. The van der Waals surface area contributed by atoms with E-state index in [0.29, 0.717) is 6.54 Å². The maximum absolute atomic E-state index is 12.9. The third-order valence-corrected chi connectivity index (χ3v) is 2.69. The Morgan fingerprint density at radius 3 is 2.29 bits per heavy atom. The number of hydrogen-bond acceptors (Lipinski definition) is 1. The second-order valence-corrected chi connectivity index (χ2v) is 3.50. The van der Waals surface area contributed by atoms with E-state index in [1.807, 2.05) is 27.7 Å². The van der Waals surface area contributed by atoms with E-state index in [1.165, 1.54) is 0 Å². The zero-order valence-corrected chi connectivity index (χ0v) is 9.82. The highest BCUT2D eigenvalue weighted by molar-refractivity contribution is 4.84. The Kier molecular flexibility index (Phi) is 6.25. The van der Waals surface area contributed by atoms with Crippen LogP contribution in [0, 0.1) is 0 Å². The molecule has 1 saturated heterocycles. The Morgan fingerprint density at radius 1 is 1.29 bits per heavy atom. The summed E-state index contributed by atoms with van der Waals surface area (Å²) in [5.41, 5.74) is 0. The molecule has 1 nitrogen and oxygen atoms in total. The fourth-order valence-corrected chi connectivity index (χ4v) is 1.88. The zero-order chi connectivity index (χ0) is 11.2. The molecule has 1 fully saturated rings. The van der Waals surface area contributed by atoms with Crippen LogP contribution in [0.4, 0.5) is 8.78 Å². The summed E-state index contributed by atoms with van der Waals surface area (Å²) in [6, 6.07) is 0.0961. The third kappa shape index (κ3) is 3.91. The van der Waals surface area contributed by atoms with Crippen molar-refractivity contribution >= 4 is 0 Å². The van der Waals surface area contributed by atoms with Gasteiger partial charge in [0.2, 0.25) is 0 Å². The van der Waals surface area contributed by atoms with Crippen LogP contribution < -0.4 is 0 Å². The summed E-state index contributed by atoms with van der Waals surface area (Å²) < 4.78 is 25.8. The molecule has 0 aromatic carbocycles. The highest BCUT2D eigenvalue weighted by atomic mass is 19.3. The van der Waals surface area contributed by atoms with Crippen LogP contribution in [-0.2, 0) is 0 Å². The van der Waals surface area contributed by atoms with Gasteiger partial charge >= 0.3 is 0 Å². The van der Waals surface area contributed by atoms with Gasteiger partial charge in [-0.3, -0.25) is 0 Å². The minimum absolute atomic E-state index is 0.0390. The van der Waals surface area contributed by atoms with Crippen molar-refractivity contribution in [1.82, 2.24) is 4.90 Å². The lowest BCUT2D eigenvalue weighted by Gasteiger charge is -2.38. The van der Waals surface area contributed by atoms with Crippen LogP contribution in [0.2, 0.25) is 0 Å². The monoisotopic (exact) mass is 207 g/mol. The molecule has 1 heterocycles. The van der Waals surface area contributed by atoms with Gasteiger partial charge < -0.3 is 4.90 Å². The van der Waals surface area contributed by atoms with Gasteiger partial charge in [0.1, 0.15) is 0 Å². The Balaban J connectivity index is 0.000000791. The summed E-state index contributed by atoms with van der Waals surface area (Å²) in [7, 11) is 0. The van der Waals surface area contributed by atoms with Crippen molar-refractivity contribution in [3.05, 3.63) is 0 Å². The molecule has 0 spiro atoms. The van der Waals surface area contributed by atoms with Crippen LogP contribution in [0.1, 0.15) is 47.0 Å². The van der Waals surface area contributed by atoms with Gasteiger partial charge in [0.15, 0.2) is 0 Å². The Labute approximate surface area is 86.5 Å². The fourth-order valence-electron chi connectivity index (χ4n) is 1.88. The lowest BCUT2D eigenvalue weighted by atomic mass is 9.97. The van der Waals surface area contributed by atoms with Gasteiger partial charge in [0.25, 0.3) is 5.92 Å². The predicted octanol–water partition coefficient (Wildman–Crippen LogP) is 3.54.